The Morgan fingerprint density at radius 1 is 1.24 bits per heavy atom. The third-order valence-electron chi connectivity index (χ3n) is 4.71. The van der Waals surface area contributed by atoms with Crippen molar-refractivity contribution in [2.75, 3.05) is 19.7 Å². The minimum Gasteiger partial charge on any atom is -0.376 e. The monoisotopic (exact) mass is 360 g/mol. The molecule has 1 aliphatic heterocycles. The summed E-state index contributed by atoms with van der Waals surface area (Å²) in [5.74, 6) is 0.909. The molecule has 2 heterocycles. The molecule has 3 rings (SSSR count). The van der Waals surface area contributed by atoms with Gasteiger partial charge in [0.05, 0.1) is 19.4 Å². The highest BCUT2D eigenvalue weighted by molar-refractivity contribution is 7.71. The van der Waals surface area contributed by atoms with Crippen LogP contribution >= 0.6 is 12.2 Å². The predicted octanol–water partition coefficient (Wildman–Crippen LogP) is 3.59. The molecule has 0 bridgehead atoms. The molecule has 1 aromatic heterocycles. The summed E-state index contributed by atoms with van der Waals surface area (Å²) in [6.07, 6.45) is 0.260. The zero-order valence-electron chi connectivity index (χ0n) is 15.8. The average Bonchev–Trinajstić information content (AvgIpc) is 2.83. The SMILES string of the molecule is CC1CN(Cn2nc(-c3ccc(C(C)(C)C)cc3)n(C)c2=S)CCO1. The average molecular weight is 361 g/mol. The Balaban J connectivity index is 1.85. The minimum absolute atomic E-state index is 0.149. The van der Waals surface area contributed by atoms with Crippen LogP contribution in [0, 0.1) is 4.77 Å². The Hall–Kier alpha value is -1.50. The number of morpholine rings is 1. The molecule has 0 saturated carbocycles. The third kappa shape index (κ3) is 4.02. The van der Waals surface area contributed by atoms with Crippen molar-refractivity contribution >= 4 is 12.2 Å². The van der Waals surface area contributed by atoms with Crippen molar-refractivity contribution in [3.63, 3.8) is 0 Å². The summed E-state index contributed by atoms with van der Waals surface area (Å²) in [6, 6.07) is 8.64. The van der Waals surface area contributed by atoms with Crippen LogP contribution in [0.3, 0.4) is 0 Å². The second kappa shape index (κ2) is 7.02. The Morgan fingerprint density at radius 3 is 2.52 bits per heavy atom. The van der Waals surface area contributed by atoms with Crippen molar-refractivity contribution in [2.24, 2.45) is 7.05 Å². The fourth-order valence-corrected chi connectivity index (χ4v) is 3.34. The summed E-state index contributed by atoms with van der Waals surface area (Å²) in [5.41, 5.74) is 2.56. The standard InChI is InChI=1S/C19H28N4OS/c1-14-12-22(10-11-24-14)13-23-18(25)21(5)17(20-23)15-6-8-16(9-7-15)19(2,3)4/h6-9,14H,10-13H2,1-5H3. The van der Waals surface area contributed by atoms with Gasteiger partial charge in [-0.2, -0.15) is 5.10 Å². The van der Waals surface area contributed by atoms with Crippen molar-refractivity contribution in [1.82, 2.24) is 19.2 Å². The number of hydrogen-bond acceptors (Lipinski definition) is 4. The highest BCUT2D eigenvalue weighted by Gasteiger charge is 2.19. The number of benzene rings is 1. The second-order valence-electron chi connectivity index (χ2n) is 7.89. The first-order valence-electron chi connectivity index (χ1n) is 8.84. The first-order valence-corrected chi connectivity index (χ1v) is 9.25. The molecule has 1 saturated heterocycles. The van der Waals surface area contributed by atoms with E-state index in [0.29, 0.717) is 6.67 Å². The zero-order chi connectivity index (χ0) is 18.2. The molecule has 1 aliphatic rings. The molecule has 1 aromatic carbocycles. The highest BCUT2D eigenvalue weighted by atomic mass is 32.1. The van der Waals surface area contributed by atoms with Crippen LogP contribution in [0.2, 0.25) is 0 Å². The molecule has 5 nitrogen and oxygen atoms in total. The largest absolute Gasteiger partial charge is 0.376 e. The molecule has 2 aromatic rings. The van der Waals surface area contributed by atoms with Crippen molar-refractivity contribution in [1.29, 1.82) is 0 Å². The van der Waals surface area contributed by atoms with Gasteiger partial charge in [0.15, 0.2) is 10.6 Å². The van der Waals surface area contributed by atoms with Crippen LogP contribution in [0.5, 0.6) is 0 Å². The van der Waals surface area contributed by atoms with Crippen molar-refractivity contribution in [3.8, 4) is 11.4 Å². The number of rotatable bonds is 3. The molecule has 0 radical (unpaired) electrons. The van der Waals surface area contributed by atoms with Crippen molar-refractivity contribution in [2.45, 2.75) is 45.9 Å². The quantitative estimate of drug-likeness (QED) is 0.784. The molecule has 0 amide bonds. The van der Waals surface area contributed by atoms with E-state index >= 15 is 0 Å². The maximum Gasteiger partial charge on any atom is 0.199 e. The lowest BCUT2D eigenvalue weighted by Crippen LogP contribution is -2.42. The van der Waals surface area contributed by atoms with Gasteiger partial charge in [-0.3, -0.25) is 4.90 Å². The summed E-state index contributed by atoms with van der Waals surface area (Å²) >= 11 is 5.60. The summed E-state index contributed by atoms with van der Waals surface area (Å²) < 4.78 is 10.3. The van der Waals surface area contributed by atoms with Crippen LogP contribution in [0.15, 0.2) is 24.3 Å². The van der Waals surface area contributed by atoms with Crippen LogP contribution < -0.4 is 0 Å². The van der Waals surface area contributed by atoms with E-state index in [1.807, 2.05) is 16.3 Å². The zero-order valence-corrected chi connectivity index (χ0v) is 16.6. The smallest absolute Gasteiger partial charge is 0.199 e. The molecule has 136 valence electrons. The summed E-state index contributed by atoms with van der Waals surface area (Å²) in [7, 11) is 1.99. The van der Waals surface area contributed by atoms with E-state index in [9.17, 15) is 0 Å². The molecule has 1 unspecified atom stereocenters. The molecule has 25 heavy (non-hydrogen) atoms. The topological polar surface area (TPSA) is 35.2 Å². The van der Waals surface area contributed by atoms with Gasteiger partial charge in [0.25, 0.3) is 0 Å². The molecular formula is C19H28N4OS. The number of nitrogens with zero attached hydrogens (tertiary/aromatic N) is 4. The van der Waals surface area contributed by atoms with E-state index in [0.717, 1.165) is 35.9 Å². The van der Waals surface area contributed by atoms with Crippen LogP contribution in [0.4, 0.5) is 0 Å². The van der Waals surface area contributed by atoms with Crippen LogP contribution in [-0.2, 0) is 23.9 Å². The van der Waals surface area contributed by atoms with Gasteiger partial charge in [0.2, 0.25) is 0 Å². The van der Waals surface area contributed by atoms with Gasteiger partial charge >= 0.3 is 0 Å². The van der Waals surface area contributed by atoms with Crippen LogP contribution in [-0.4, -0.2) is 45.0 Å². The van der Waals surface area contributed by atoms with Crippen LogP contribution in [0.1, 0.15) is 33.3 Å². The minimum atomic E-state index is 0.149. The second-order valence-corrected chi connectivity index (χ2v) is 8.26. The van der Waals surface area contributed by atoms with Gasteiger partial charge in [-0.05, 0) is 30.1 Å². The Labute approximate surface area is 155 Å². The molecule has 1 atom stereocenters. The van der Waals surface area contributed by atoms with Crippen LogP contribution in [0.25, 0.3) is 11.4 Å². The van der Waals surface area contributed by atoms with Gasteiger partial charge in [0.1, 0.15) is 0 Å². The van der Waals surface area contributed by atoms with E-state index < -0.39 is 0 Å². The molecule has 0 N–H and O–H groups in total. The Morgan fingerprint density at radius 2 is 1.92 bits per heavy atom. The highest BCUT2D eigenvalue weighted by Crippen LogP contribution is 2.25. The fraction of sp³-hybridized carbons (Fsp3) is 0.579. The van der Waals surface area contributed by atoms with E-state index in [1.54, 1.807) is 0 Å². The summed E-state index contributed by atoms with van der Waals surface area (Å²) in [5, 5.41) is 4.78. The normalized spacial score (nSPS) is 19.3. The lowest BCUT2D eigenvalue weighted by molar-refractivity contribution is -0.0307. The van der Waals surface area contributed by atoms with Gasteiger partial charge in [-0.15, -0.1) is 0 Å². The maximum absolute atomic E-state index is 5.61. The van der Waals surface area contributed by atoms with Gasteiger partial charge in [-0.1, -0.05) is 45.0 Å². The van der Waals surface area contributed by atoms with Gasteiger partial charge in [-0.25, -0.2) is 4.68 Å². The molecule has 0 spiro atoms. The first kappa shape index (κ1) is 18.3. The van der Waals surface area contributed by atoms with Crippen molar-refractivity contribution < 1.29 is 4.74 Å². The van der Waals surface area contributed by atoms with E-state index in [1.165, 1.54) is 5.56 Å². The molecule has 1 fully saturated rings. The van der Waals surface area contributed by atoms with E-state index in [4.69, 9.17) is 22.1 Å². The first-order chi connectivity index (χ1) is 11.8. The van der Waals surface area contributed by atoms with Crippen molar-refractivity contribution in [3.05, 3.63) is 34.6 Å². The molecule has 0 aliphatic carbocycles. The lowest BCUT2D eigenvalue weighted by atomic mass is 9.87. The fourth-order valence-electron chi connectivity index (χ4n) is 3.16. The van der Waals surface area contributed by atoms with Gasteiger partial charge in [0, 0.05) is 25.7 Å². The molecular weight excluding hydrogens is 332 g/mol. The van der Waals surface area contributed by atoms with Gasteiger partial charge < -0.3 is 9.30 Å². The summed E-state index contributed by atoms with van der Waals surface area (Å²) in [4.78, 5) is 2.34. The molecule has 6 heteroatoms. The Kier molecular flexibility index (Phi) is 5.14. The van der Waals surface area contributed by atoms with E-state index in [-0.39, 0.29) is 11.5 Å². The number of ether oxygens (including phenoxy) is 1. The van der Waals surface area contributed by atoms with E-state index in [2.05, 4.69) is 56.9 Å². The summed E-state index contributed by atoms with van der Waals surface area (Å²) in [6.45, 7) is 12.1. The Bertz CT molecular complexity index is 785. The lowest BCUT2D eigenvalue weighted by Gasteiger charge is -2.30. The number of aromatic nitrogens is 3. The maximum atomic E-state index is 5.61. The third-order valence-corrected chi connectivity index (χ3v) is 5.19. The predicted molar refractivity (Wildman–Crippen MR) is 103 cm³/mol. The number of hydrogen-bond donors (Lipinski definition) is 0.